The first-order valence-corrected chi connectivity index (χ1v) is 6.28. The standard InChI is InChI=1S/C13H9ClFN3OS/c14-8-2-4-10(9(15)5-8)18-13(19)11-3-1-7(6-17-11)12(16)20/h1-6H,(H2,16,20)(H,18,19). The lowest BCUT2D eigenvalue weighted by Gasteiger charge is -2.06. The molecule has 0 aliphatic heterocycles. The number of anilines is 1. The van der Waals surface area contributed by atoms with E-state index in [2.05, 4.69) is 10.3 Å². The summed E-state index contributed by atoms with van der Waals surface area (Å²) in [6.45, 7) is 0. The van der Waals surface area contributed by atoms with E-state index in [1.54, 1.807) is 6.07 Å². The number of amides is 1. The van der Waals surface area contributed by atoms with Gasteiger partial charge in [-0.15, -0.1) is 0 Å². The van der Waals surface area contributed by atoms with E-state index in [4.69, 9.17) is 29.6 Å². The van der Waals surface area contributed by atoms with Crippen molar-refractivity contribution in [3.05, 3.63) is 58.6 Å². The predicted molar refractivity (Wildman–Crippen MR) is 79.5 cm³/mol. The number of pyridine rings is 1. The molecule has 20 heavy (non-hydrogen) atoms. The molecule has 1 amide bonds. The molecule has 0 saturated carbocycles. The van der Waals surface area contributed by atoms with Crippen molar-refractivity contribution < 1.29 is 9.18 Å². The van der Waals surface area contributed by atoms with E-state index in [1.807, 2.05) is 0 Å². The van der Waals surface area contributed by atoms with Crippen LogP contribution in [0.3, 0.4) is 0 Å². The van der Waals surface area contributed by atoms with Gasteiger partial charge in [-0.1, -0.05) is 23.8 Å². The molecule has 0 aliphatic carbocycles. The number of nitrogens with one attached hydrogen (secondary N) is 1. The highest BCUT2D eigenvalue weighted by Gasteiger charge is 2.11. The third-order valence-electron chi connectivity index (χ3n) is 2.46. The molecule has 7 heteroatoms. The highest BCUT2D eigenvalue weighted by atomic mass is 35.5. The Labute approximate surface area is 124 Å². The van der Waals surface area contributed by atoms with E-state index in [0.717, 1.165) is 6.07 Å². The van der Waals surface area contributed by atoms with E-state index in [1.165, 1.54) is 24.4 Å². The molecule has 0 fully saturated rings. The SMILES string of the molecule is NC(=S)c1ccc(C(=O)Nc2ccc(Cl)cc2F)nc1. The summed E-state index contributed by atoms with van der Waals surface area (Å²) in [6, 6.07) is 6.99. The van der Waals surface area contributed by atoms with E-state index in [-0.39, 0.29) is 21.4 Å². The van der Waals surface area contributed by atoms with Crippen LogP contribution < -0.4 is 11.1 Å². The van der Waals surface area contributed by atoms with E-state index >= 15 is 0 Å². The van der Waals surface area contributed by atoms with Crippen molar-refractivity contribution in [3.8, 4) is 0 Å². The third kappa shape index (κ3) is 3.28. The van der Waals surface area contributed by atoms with Crippen LogP contribution in [0, 0.1) is 5.82 Å². The first-order valence-electron chi connectivity index (χ1n) is 5.49. The molecule has 1 heterocycles. The highest BCUT2D eigenvalue weighted by Crippen LogP contribution is 2.19. The number of nitrogens with zero attached hydrogens (tertiary/aromatic N) is 1. The fourth-order valence-electron chi connectivity index (χ4n) is 1.45. The smallest absolute Gasteiger partial charge is 0.274 e. The summed E-state index contributed by atoms with van der Waals surface area (Å²) in [7, 11) is 0. The van der Waals surface area contributed by atoms with E-state index in [0.29, 0.717) is 5.56 Å². The lowest BCUT2D eigenvalue weighted by molar-refractivity contribution is 0.102. The van der Waals surface area contributed by atoms with E-state index < -0.39 is 11.7 Å². The summed E-state index contributed by atoms with van der Waals surface area (Å²) in [5, 5.41) is 2.65. The number of carbonyl (C=O) groups is 1. The fraction of sp³-hybridized carbons (Fsp3) is 0. The second kappa shape index (κ2) is 5.94. The topological polar surface area (TPSA) is 68.0 Å². The van der Waals surface area contributed by atoms with E-state index in [9.17, 15) is 9.18 Å². The first-order chi connectivity index (χ1) is 9.47. The zero-order chi connectivity index (χ0) is 14.7. The number of halogens is 2. The molecule has 3 N–H and O–H groups in total. The summed E-state index contributed by atoms with van der Waals surface area (Å²) >= 11 is 10.4. The molecule has 0 radical (unpaired) electrons. The minimum atomic E-state index is -0.620. The van der Waals surface area contributed by atoms with Crippen LogP contribution in [0.5, 0.6) is 0 Å². The predicted octanol–water partition coefficient (Wildman–Crippen LogP) is 2.76. The Hall–Kier alpha value is -2.05. The zero-order valence-electron chi connectivity index (χ0n) is 10.1. The lowest BCUT2D eigenvalue weighted by atomic mass is 10.2. The van der Waals surface area contributed by atoms with Crippen LogP contribution >= 0.6 is 23.8 Å². The molecule has 0 spiro atoms. The highest BCUT2D eigenvalue weighted by molar-refractivity contribution is 7.80. The molecule has 4 nitrogen and oxygen atoms in total. The quantitative estimate of drug-likeness (QED) is 0.856. The molecule has 1 aromatic carbocycles. The largest absolute Gasteiger partial charge is 0.389 e. The Balaban J connectivity index is 2.17. The minimum Gasteiger partial charge on any atom is -0.389 e. The van der Waals surface area contributed by atoms with Gasteiger partial charge < -0.3 is 11.1 Å². The maximum Gasteiger partial charge on any atom is 0.274 e. The fourth-order valence-corrected chi connectivity index (χ4v) is 1.73. The van der Waals surface area contributed by atoms with Crippen molar-refractivity contribution >= 4 is 40.4 Å². The maximum atomic E-state index is 13.5. The number of rotatable bonds is 3. The average Bonchev–Trinajstić information content (AvgIpc) is 2.42. The molecule has 2 rings (SSSR count). The van der Waals surface area contributed by atoms with Gasteiger partial charge in [-0.05, 0) is 30.3 Å². The Bertz CT molecular complexity index is 676. The zero-order valence-corrected chi connectivity index (χ0v) is 11.6. The molecular formula is C13H9ClFN3OS. The second-order valence-corrected chi connectivity index (χ2v) is 4.75. The van der Waals surface area contributed by atoms with Crippen LogP contribution in [-0.4, -0.2) is 15.9 Å². The number of thiocarbonyl (C=S) groups is 1. The summed E-state index contributed by atoms with van der Waals surface area (Å²) in [4.78, 5) is 16.0. The van der Waals surface area contributed by atoms with Crippen LogP contribution in [0.2, 0.25) is 5.02 Å². The Morgan fingerprint density at radius 2 is 2.10 bits per heavy atom. The number of hydrogen-bond acceptors (Lipinski definition) is 3. The van der Waals surface area contributed by atoms with Gasteiger partial charge in [-0.2, -0.15) is 0 Å². The monoisotopic (exact) mass is 309 g/mol. The van der Waals surface area contributed by atoms with Crippen molar-refractivity contribution in [1.82, 2.24) is 4.98 Å². The molecule has 0 saturated heterocycles. The summed E-state index contributed by atoms with van der Waals surface area (Å²) in [5.41, 5.74) is 6.13. The van der Waals surface area contributed by atoms with Crippen LogP contribution in [0.25, 0.3) is 0 Å². The van der Waals surface area contributed by atoms with Gasteiger partial charge in [0.2, 0.25) is 0 Å². The average molecular weight is 310 g/mol. The van der Waals surface area contributed by atoms with Gasteiger partial charge in [0, 0.05) is 16.8 Å². The van der Waals surface area contributed by atoms with Crippen molar-refractivity contribution in [2.75, 3.05) is 5.32 Å². The first kappa shape index (κ1) is 14.4. The van der Waals surface area contributed by atoms with Gasteiger partial charge in [0.1, 0.15) is 16.5 Å². The lowest BCUT2D eigenvalue weighted by Crippen LogP contribution is -2.16. The van der Waals surface area contributed by atoms with Gasteiger partial charge in [-0.3, -0.25) is 9.78 Å². The van der Waals surface area contributed by atoms with Gasteiger partial charge in [0.25, 0.3) is 5.91 Å². The Kier molecular flexibility index (Phi) is 4.26. The van der Waals surface area contributed by atoms with Crippen molar-refractivity contribution in [2.24, 2.45) is 5.73 Å². The summed E-state index contributed by atoms with van der Waals surface area (Å²) < 4.78 is 13.5. The minimum absolute atomic E-state index is 0.0274. The molecule has 0 bridgehead atoms. The Morgan fingerprint density at radius 1 is 1.35 bits per heavy atom. The summed E-state index contributed by atoms with van der Waals surface area (Å²) in [5.74, 6) is -1.16. The van der Waals surface area contributed by atoms with Crippen LogP contribution in [0.1, 0.15) is 16.1 Å². The normalized spacial score (nSPS) is 10.1. The number of hydrogen-bond donors (Lipinski definition) is 2. The van der Waals surface area contributed by atoms with Crippen LogP contribution in [0.4, 0.5) is 10.1 Å². The maximum absolute atomic E-state index is 13.5. The number of aromatic nitrogens is 1. The van der Waals surface area contributed by atoms with Crippen molar-refractivity contribution in [1.29, 1.82) is 0 Å². The van der Waals surface area contributed by atoms with Gasteiger partial charge >= 0.3 is 0 Å². The summed E-state index contributed by atoms with van der Waals surface area (Å²) in [6.07, 6.45) is 1.38. The molecule has 102 valence electrons. The number of nitrogens with two attached hydrogens (primary N) is 1. The van der Waals surface area contributed by atoms with Crippen LogP contribution in [0.15, 0.2) is 36.5 Å². The molecule has 1 aromatic heterocycles. The van der Waals surface area contributed by atoms with Gasteiger partial charge in [0.15, 0.2) is 0 Å². The van der Waals surface area contributed by atoms with Crippen LogP contribution in [-0.2, 0) is 0 Å². The number of benzene rings is 1. The second-order valence-electron chi connectivity index (χ2n) is 3.87. The number of carbonyl (C=O) groups excluding carboxylic acids is 1. The van der Waals surface area contributed by atoms with Gasteiger partial charge in [-0.25, -0.2) is 4.39 Å². The van der Waals surface area contributed by atoms with Gasteiger partial charge in [0.05, 0.1) is 5.69 Å². The molecule has 0 atom stereocenters. The molecule has 0 aliphatic rings. The molecular weight excluding hydrogens is 301 g/mol. The van der Waals surface area contributed by atoms with Crippen molar-refractivity contribution in [2.45, 2.75) is 0 Å². The Morgan fingerprint density at radius 3 is 2.65 bits per heavy atom. The molecule has 0 unspecified atom stereocenters. The molecule has 2 aromatic rings. The van der Waals surface area contributed by atoms with Crippen molar-refractivity contribution in [3.63, 3.8) is 0 Å². The third-order valence-corrected chi connectivity index (χ3v) is 2.93.